The number of phenols is 1. The van der Waals surface area contributed by atoms with Gasteiger partial charge < -0.3 is 20.5 Å². The van der Waals surface area contributed by atoms with Crippen molar-refractivity contribution in [3.05, 3.63) is 52.5 Å². The number of fused-ring (bicyclic) bond motifs is 1. The highest BCUT2D eigenvalue weighted by molar-refractivity contribution is 6.31. The maximum Gasteiger partial charge on any atom is 0.255 e. The average Bonchev–Trinajstić information content (AvgIpc) is 2.65. The third-order valence-corrected chi connectivity index (χ3v) is 5.59. The molecule has 3 N–H and O–H groups in total. The molecular formula is C20H22ClN3O3. The van der Waals surface area contributed by atoms with Gasteiger partial charge in [0.05, 0.1) is 18.4 Å². The number of nitrogens with one attached hydrogen (secondary N) is 2. The molecule has 2 aliphatic heterocycles. The number of methoxy groups -OCH3 is 1. The molecule has 0 aromatic heterocycles. The average molecular weight is 388 g/mol. The van der Waals surface area contributed by atoms with Gasteiger partial charge in [0.25, 0.3) is 5.91 Å². The van der Waals surface area contributed by atoms with Crippen LogP contribution in [0.15, 0.2) is 36.4 Å². The Hall–Kier alpha value is -2.44. The maximum atomic E-state index is 12.5. The molecule has 2 heterocycles. The Labute approximate surface area is 163 Å². The van der Waals surface area contributed by atoms with E-state index in [1.165, 1.54) is 0 Å². The molecule has 0 radical (unpaired) electrons. The highest BCUT2D eigenvalue weighted by Crippen LogP contribution is 2.35. The molecular weight excluding hydrogens is 366 g/mol. The lowest BCUT2D eigenvalue weighted by Gasteiger charge is -2.46. The molecule has 1 amide bonds. The van der Waals surface area contributed by atoms with Gasteiger partial charge in [-0.05, 0) is 24.3 Å². The van der Waals surface area contributed by atoms with Crippen LogP contribution < -0.4 is 15.4 Å². The largest absolute Gasteiger partial charge is 0.504 e. The Morgan fingerprint density at radius 3 is 2.74 bits per heavy atom. The summed E-state index contributed by atoms with van der Waals surface area (Å²) in [4.78, 5) is 14.8. The standard InChI is InChI=1S/C20H22ClN3O3/c1-27-17-4-2-3-13(18(17)25)12-24-9-7-20(8-10-24)22-16-11-14(21)5-6-15(16)19(26)23-20/h2-6,11,22,25H,7-10,12H2,1H3,(H,23,26). The van der Waals surface area contributed by atoms with Gasteiger partial charge in [-0.25, -0.2) is 0 Å². The first-order chi connectivity index (χ1) is 13.0. The molecule has 27 heavy (non-hydrogen) atoms. The lowest BCUT2D eigenvalue weighted by molar-refractivity contribution is 0.0822. The Kier molecular flexibility index (Phi) is 4.61. The fourth-order valence-corrected chi connectivity index (χ4v) is 4.01. The number of nitrogens with zero attached hydrogens (tertiary/aromatic N) is 1. The number of ether oxygens (including phenoxy) is 1. The van der Waals surface area contributed by atoms with Crippen molar-refractivity contribution in [1.82, 2.24) is 10.2 Å². The number of likely N-dealkylation sites (tertiary alicyclic amines) is 1. The van der Waals surface area contributed by atoms with Crippen molar-refractivity contribution in [2.75, 3.05) is 25.5 Å². The van der Waals surface area contributed by atoms with E-state index < -0.39 is 5.66 Å². The first-order valence-corrected chi connectivity index (χ1v) is 9.35. The molecule has 2 aliphatic rings. The number of halogens is 1. The smallest absolute Gasteiger partial charge is 0.255 e. The van der Waals surface area contributed by atoms with Crippen molar-refractivity contribution >= 4 is 23.2 Å². The van der Waals surface area contributed by atoms with Gasteiger partial charge in [0.1, 0.15) is 5.66 Å². The van der Waals surface area contributed by atoms with Crippen LogP contribution >= 0.6 is 11.6 Å². The Morgan fingerprint density at radius 1 is 1.22 bits per heavy atom. The highest BCUT2D eigenvalue weighted by Gasteiger charge is 2.40. The second-order valence-corrected chi connectivity index (χ2v) is 7.53. The van der Waals surface area contributed by atoms with Gasteiger partial charge in [-0.2, -0.15) is 0 Å². The normalized spacial score (nSPS) is 18.5. The molecule has 4 rings (SSSR count). The minimum atomic E-state index is -0.457. The molecule has 1 saturated heterocycles. The summed E-state index contributed by atoms with van der Waals surface area (Å²) in [5.41, 5.74) is 1.78. The summed E-state index contributed by atoms with van der Waals surface area (Å²) in [6.07, 6.45) is 1.52. The molecule has 142 valence electrons. The maximum absolute atomic E-state index is 12.5. The molecule has 0 atom stereocenters. The van der Waals surface area contributed by atoms with Crippen molar-refractivity contribution < 1.29 is 14.6 Å². The third-order valence-electron chi connectivity index (χ3n) is 5.36. The molecule has 0 aliphatic carbocycles. The topological polar surface area (TPSA) is 73.8 Å². The minimum Gasteiger partial charge on any atom is -0.504 e. The number of aromatic hydroxyl groups is 1. The van der Waals surface area contributed by atoms with E-state index in [0.717, 1.165) is 37.2 Å². The number of piperidine rings is 1. The molecule has 0 unspecified atom stereocenters. The van der Waals surface area contributed by atoms with Crippen LogP contribution in [0.3, 0.4) is 0 Å². The van der Waals surface area contributed by atoms with Gasteiger partial charge in [-0.15, -0.1) is 0 Å². The van der Waals surface area contributed by atoms with Crippen LogP contribution in [0.4, 0.5) is 5.69 Å². The third kappa shape index (κ3) is 3.42. The zero-order chi connectivity index (χ0) is 19.0. The molecule has 0 saturated carbocycles. The number of rotatable bonds is 3. The van der Waals surface area contributed by atoms with E-state index in [-0.39, 0.29) is 11.7 Å². The zero-order valence-corrected chi connectivity index (χ0v) is 15.8. The number of hydrogen-bond acceptors (Lipinski definition) is 5. The summed E-state index contributed by atoms with van der Waals surface area (Å²) in [6.45, 7) is 2.22. The Bertz CT molecular complexity index is 879. The number of amides is 1. The quantitative estimate of drug-likeness (QED) is 0.754. The number of anilines is 1. The monoisotopic (exact) mass is 387 g/mol. The predicted molar refractivity (Wildman–Crippen MR) is 104 cm³/mol. The van der Waals surface area contributed by atoms with E-state index >= 15 is 0 Å². The highest BCUT2D eigenvalue weighted by atomic mass is 35.5. The summed E-state index contributed by atoms with van der Waals surface area (Å²) in [5, 5.41) is 17.5. The number of carbonyl (C=O) groups is 1. The zero-order valence-electron chi connectivity index (χ0n) is 15.1. The van der Waals surface area contributed by atoms with Crippen molar-refractivity contribution in [3.63, 3.8) is 0 Å². The van der Waals surface area contributed by atoms with Crippen LogP contribution in [0.1, 0.15) is 28.8 Å². The van der Waals surface area contributed by atoms with Gasteiger partial charge in [-0.3, -0.25) is 9.69 Å². The number of hydrogen-bond donors (Lipinski definition) is 3. The van der Waals surface area contributed by atoms with Gasteiger partial charge in [0.15, 0.2) is 11.5 Å². The lowest BCUT2D eigenvalue weighted by Crippen LogP contribution is -2.62. The lowest BCUT2D eigenvalue weighted by atomic mass is 9.92. The van der Waals surface area contributed by atoms with Crippen LogP contribution in [-0.2, 0) is 6.54 Å². The summed E-state index contributed by atoms with van der Waals surface area (Å²) < 4.78 is 5.18. The fraction of sp³-hybridized carbons (Fsp3) is 0.350. The first kappa shape index (κ1) is 17.9. The van der Waals surface area contributed by atoms with E-state index in [9.17, 15) is 9.90 Å². The van der Waals surface area contributed by atoms with Crippen LogP contribution in [0, 0.1) is 0 Å². The van der Waals surface area contributed by atoms with E-state index in [1.54, 1.807) is 31.4 Å². The molecule has 1 fully saturated rings. The number of carbonyl (C=O) groups excluding carboxylic acids is 1. The first-order valence-electron chi connectivity index (χ1n) is 8.97. The molecule has 2 aromatic rings. The van der Waals surface area contributed by atoms with E-state index in [2.05, 4.69) is 15.5 Å². The van der Waals surface area contributed by atoms with Crippen LogP contribution in [0.2, 0.25) is 5.02 Å². The molecule has 2 aromatic carbocycles. The second-order valence-electron chi connectivity index (χ2n) is 7.10. The molecule has 7 heteroatoms. The van der Waals surface area contributed by atoms with Crippen molar-refractivity contribution in [2.45, 2.75) is 25.0 Å². The number of phenolic OH excluding ortho intramolecular Hbond substituents is 1. The summed E-state index contributed by atoms with van der Waals surface area (Å²) in [6, 6.07) is 10.8. The number of benzene rings is 2. The molecule has 6 nitrogen and oxygen atoms in total. The van der Waals surface area contributed by atoms with Crippen LogP contribution in [0.5, 0.6) is 11.5 Å². The fourth-order valence-electron chi connectivity index (χ4n) is 3.84. The van der Waals surface area contributed by atoms with Crippen molar-refractivity contribution in [1.29, 1.82) is 0 Å². The van der Waals surface area contributed by atoms with E-state index in [0.29, 0.717) is 22.9 Å². The van der Waals surface area contributed by atoms with Gasteiger partial charge >= 0.3 is 0 Å². The van der Waals surface area contributed by atoms with Gasteiger partial charge in [0.2, 0.25) is 0 Å². The summed E-state index contributed by atoms with van der Waals surface area (Å²) in [5.74, 6) is 0.600. The van der Waals surface area contributed by atoms with Crippen molar-refractivity contribution in [3.8, 4) is 11.5 Å². The van der Waals surface area contributed by atoms with Gasteiger partial charge in [0, 0.05) is 43.1 Å². The van der Waals surface area contributed by atoms with E-state index in [1.807, 2.05) is 12.1 Å². The predicted octanol–water partition coefficient (Wildman–Crippen LogP) is 3.20. The molecule has 1 spiro atoms. The van der Waals surface area contributed by atoms with Crippen molar-refractivity contribution in [2.24, 2.45) is 0 Å². The summed E-state index contributed by atoms with van der Waals surface area (Å²) in [7, 11) is 1.55. The minimum absolute atomic E-state index is 0.0701. The van der Waals surface area contributed by atoms with Gasteiger partial charge in [-0.1, -0.05) is 23.7 Å². The second kappa shape index (κ2) is 6.94. The Morgan fingerprint density at radius 2 is 2.00 bits per heavy atom. The molecule has 0 bridgehead atoms. The Balaban J connectivity index is 1.46. The summed E-state index contributed by atoms with van der Waals surface area (Å²) >= 11 is 6.09. The van der Waals surface area contributed by atoms with E-state index in [4.69, 9.17) is 16.3 Å². The van der Waals surface area contributed by atoms with Crippen LogP contribution in [0.25, 0.3) is 0 Å². The SMILES string of the molecule is COc1cccc(CN2CCC3(CC2)NC(=O)c2ccc(Cl)cc2N3)c1O. The number of para-hydroxylation sites is 1. The van der Waals surface area contributed by atoms with Crippen LogP contribution in [-0.4, -0.2) is 41.8 Å².